The molecule has 1 aliphatic rings. The van der Waals surface area contributed by atoms with Crippen LogP contribution in [0.1, 0.15) is 59.3 Å². The van der Waals surface area contributed by atoms with Gasteiger partial charge in [-0.3, -0.25) is 9.59 Å². The molecule has 0 bridgehead atoms. The van der Waals surface area contributed by atoms with E-state index in [4.69, 9.17) is 0 Å². The van der Waals surface area contributed by atoms with Crippen LogP contribution in [0, 0.1) is 5.41 Å². The molecule has 0 saturated heterocycles. The molecule has 1 rings (SSSR count). The topological polar surface area (TPSA) is 78.4 Å². The van der Waals surface area contributed by atoms with E-state index in [0.717, 1.165) is 12.8 Å². The lowest BCUT2D eigenvalue weighted by molar-refractivity contribution is -0.127. The summed E-state index contributed by atoms with van der Waals surface area (Å²) in [6, 6.07) is 0.299. The first-order valence-electron chi connectivity index (χ1n) is 7.53. The van der Waals surface area contributed by atoms with Crippen molar-refractivity contribution >= 4 is 11.8 Å². The van der Waals surface area contributed by atoms with Crippen LogP contribution in [0.4, 0.5) is 0 Å². The predicted octanol–water partition coefficient (Wildman–Crippen LogP) is 1.35. The fraction of sp³-hybridized carbons (Fsp3) is 0.867. The van der Waals surface area contributed by atoms with E-state index in [2.05, 4.69) is 10.6 Å². The van der Waals surface area contributed by atoms with E-state index in [9.17, 15) is 14.7 Å². The second-order valence-electron chi connectivity index (χ2n) is 6.73. The summed E-state index contributed by atoms with van der Waals surface area (Å²) in [4.78, 5) is 23.3. The molecule has 5 heteroatoms. The molecule has 0 aromatic rings. The van der Waals surface area contributed by atoms with Crippen LogP contribution in [-0.4, -0.2) is 35.6 Å². The minimum Gasteiger partial charge on any atom is -0.391 e. The summed E-state index contributed by atoms with van der Waals surface area (Å²) in [5.41, 5.74) is -0.257. The van der Waals surface area contributed by atoms with Crippen molar-refractivity contribution in [3.05, 3.63) is 0 Å². The molecular formula is C15H28N2O3. The third kappa shape index (κ3) is 6.37. The molecule has 2 amide bonds. The Labute approximate surface area is 121 Å². The SMILES string of the molecule is CC(C)(C)C(O)CNC(=O)CCC(=O)NC1CCCC1. The maximum absolute atomic E-state index is 11.7. The molecule has 0 aliphatic heterocycles. The first kappa shape index (κ1) is 17.0. The standard InChI is InChI=1S/C15H28N2O3/c1-15(2,3)12(18)10-16-13(19)8-9-14(20)17-11-6-4-5-7-11/h11-12,18H,4-10H2,1-3H3,(H,16,19)(H,17,20). The molecule has 0 radical (unpaired) electrons. The molecule has 1 aliphatic carbocycles. The van der Waals surface area contributed by atoms with Crippen molar-refractivity contribution in [3.63, 3.8) is 0 Å². The molecule has 0 spiro atoms. The highest BCUT2D eigenvalue weighted by molar-refractivity contribution is 5.83. The van der Waals surface area contributed by atoms with Crippen molar-refractivity contribution < 1.29 is 14.7 Å². The Morgan fingerprint density at radius 3 is 2.25 bits per heavy atom. The van der Waals surface area contributed by atoms with Gasteiger partial charge in [-0.2, -0.15) is 0 Å². The predicted molar refractivity (Wildman–Crippen MR) is 78.1 cm³/mol. The van der Waals surface area contributed by atoms with Crippen LogP contribution in [0.3, 0.4) is 0 Å². The largest absolute Gasteiger partial charge is 0.391 e. The third-order valence-electron chi connectivity index (χ3n) is 3.79. The van der Waals surface area contributed by atoms with Crippen molar-refractivity contribution in [3.8, 4) is 0 Å². The van der Waals surface area contributed by atoms with Gasteiger partial charge in [0.2, 0.25) is 11.8 Å². The molecule has 20 heavy (non-hydrogen) atoms. The average Bonchev–Trinajstić information content (AvgIpc) is 2.84. The van der Waals surface area contributed by atoms with Crippen molar-refractivity contribution in [2.24, 2.45) is 5.41 Å². The Morgan fingerprint density at radius 1 is 1.15 bits per heavy atom. The van der Waals surface area contributed by atoms with Crippen LogP contribution in [-0.2, 0) is 9.59 Å². The van der Waals surface area contributed by atoms with Gasteiger partial charge in [-0.05, 0) is 18.3 Å². The lowest BCUT2D eigenvalue weighted by atomic mass is 9.89. The average molecular weight is 284 g/mol. The number of carbonyl (C=O) groups excluding carboxylic acids is 2. The van der Waals surface area contributed by atoms with E-state index < -0.39 is 6.10 Å². The number of amides is 2. The molecule has 3 N–H and O–H groups in total. The van der Waals surface area contributed by atoms with E-state index in [1.807, 2.05) is 20.8 Å². The van der Waals surface area contributed by atoms with E-state index in [0.29, 0.717) is 6.04 Å². The van der Waals surface area contributed by atoms with Crippen molar-refractivity contribution in [2.75, 3.05) is 6.54 Å². The summed E-state index contributed by atoms with van der Waals surface area (Å²) in [5, 5.41) is 15.4. The summed E-state index contributed by atoms with van der Waals surface area (Å²) >= 11 is 0. The quantitative estimate of drug-likeness (QED) is 0.689. The molecule has 1 atom stereocenters. The van der Waals surface area contributed by atoms with Gasteiger partial charge in [0.15, 0.2) is 0 Å². The highest BCUT2D eigenvalue weighted by atomic mass is 16.3. The Hall–Kier alpha value is -1.10. The lowest BCUT2D eigenvalue weighted by Gasteiger charge is -2.25. The maximum atomic E-state index is 11.7. The molecule has 0 heterocycles. The Bertz CT molecular complexity index is 331. The van der Waals surface area contributed by atoms with Gasteiger partial charge in [0.1, 0.15) is 0 Å². The summed E-state index contributed by atoms with van der Waals surface area (Å²) in [6.45, 7) is 5.98. The summed E-state index contributed by atoms with van der Waals surface area (Å²) in [6.07, 6.45) is 4.26. The summed E-state index contributed by atoms with van der Waals surface area (Å²) < 4.78 is 0. The van der Waals surface area contributed by atoms with Crippen LogP contribution < -0.4 is 10.6 Å². The second-order valence-corrected chi connectivity index (χ2v) is 6.73. The molecule has 0 aromatic carbocycles. The van der Waals surface area contributed by atoms with Crippen LogP contribution in [0.15, 0.2) is 0 Å². The van der Waals surface area contributed by atoms with Gasteiger partial charge >= 0.3 is 0 Å². The second kappa shape index (κ2) is 7.62. The van der Waals surface area contributed by atoms with Gasteiger partial charge in [0.25, 0.3) is 0 Å². The van der Waals surface area contributed by atoms with Crippen molar-refractivity contribution in [1.82, 2.24) is 10.6 Å². The van der Waals surface area contributed by atoms with E-state index >= 15 is 0 Å². The lowest BCUT2D eigenvalue weighted by Crippen LogP contribution is -2.39. The summed E-state index contributed by atoms with van der Waals surface area (Å²) in [7, 11) is 0. The molecule has 5 nitrogen and oxygen atoms in total. The zero-order chi connectivity index (χ0) is 15.2. The highest BCUT2D eigenvalue weighted by Crippen LogP contribution is 2.18. The minimum atomic E-state index is -0.584. The number of rotatable bonds is 6. The van der Waals surface area contributed by atoms with E-state index in [1.54, 1.807) is 0 Å². The molecule has 116 valence electrons. The minimum absolute atomic E-state index is 0.0524. The molecule has 1 unspecified atom stereocenters. The number of hydrogen-bond donors (Lipinski definition) is 3. The van der Waals surface area contributed by atoms with Crippen LogP contribution >= 0.6 is 0 Å². The zero-order valence-electron chi connectivity index (χ0n) is 12.9. The van der Waals surface area contributed by atoms with Gasteiger partial charge in [0.05, 0.1) is 6.10 Å². The van der Waals surface area contributed by atoms with E-state index in [1.165, 1.54) is 12.8 Å². The van der Waals surface area contributed by atoms with E-state index in [-0.39, 0.29) is 36.6 Å². The fourth-order valence-corrected chi connectivity index (χ4v) is 2.20. The zero-order valence-corrected chi connectivity index (χ0v) is 12.9. The fourth-order valence-electron chi connectivity index (χ4n) is 2.20. The maximum Gasteiger partial charge on any atom is 0.220 e. The van der Waals surface area contributed by atoms with Gasteiger partial charge in [-0.15, -0.1) is 0 Å². The van der Waals surface area contributed by atoms with Crippen molar-refractivity contribution in [2.45, 2.75) is 71.4 Å². The van der Waals surface area contributed by atoms with Crippen molar-refractivity contribution in [1.29, 1.82) is 0 Å². The van der Waals surface area contributed by atoms with Crippen LogP contribution in [0.5, 0.6) is 0 Å². The number of hydrogen-bond acceptors (Lipinski definition) is 3. The number of nitrogens with one attached hydrogen (secondary N) is 2. The van der Waals surface area contributed by atoms with Crippen LogP contribution in [0.25, 0.3) is 0 Å². The first-order valence-corrected chi connectivity index (χ1v) is 7.53. The first-order chi connectivity index (χ1) is 9.29. The van der Waals surface area contributed by atoms with Gasteiger partial charge in [0, 0.05) is 25.4 Å². The Morgan fingerprint density at radius 2 is 1.70 bits per heavy atom. The van der Waals surface area contributed by atoms with Gasteiger partial charge in [-0.1, -0.05) is 33.6 Å². The normalized spacial score (nSPS) is 17.8. The number of carbonyl (C=O) groups is 2. The summed E-state index contributed by atoms with van der Waals surface area (Å²) in [5.74, 6) is -0.238. The van der Waals surface area contributed by atoms with Gasteiger partial charge in [-0.25, -0.2) is 0 Å². The Balaban J connectivity index is 2.14. The van der Waals surface area contributed by atoms with Gasteiger partial charge < -0.3 is 15.7 Å². The van der Waals surface area contributed by atoms with Crippen LogP contribution in [0.2, 0.25) is 0 Å². The number of aliphatic hydroxyl groups is 1. The number of aliphatic hydroxyl groups excluding tert-OH is 1. The molecule has 1 fully saturated rings. The Kier molecular flexibility index (Phi) is 6.46. The highest BCUT2D eigenvalue weighted by Gasteiger charge is 2.22. The monoisotopic (exact) mass is 284 g/mol. The third-order valence-corrected chi connectivity index (χ3v) is 3.79. The molecular weight excluding hydrogens is 256 g/mol. The smallest absolute Gasteiger partial charge is 0.220 e. The molecule has 0 aromatic heterocycles. The molecule has 1 saturated carbocycles.